The van der Waals surface area contributed by atoms with Crippen LogP contribution in [-0.4, -0.2) is 45.5 Å². The highest BCUT2D eigenvalue weighted by atomic mass is 32.2. The van der Waals surface area contributed by atoms with Crippen molar-refractivity contribution in [3.05, 3.63) is 40.1 Å². The molecule has 1 aliphatic heterocycles. The number of nitrogens with zero attached hydrogens (tertiary/aromatic N) is 1. The number of aryl methyl sites for hydroxylation is 1. The fraction of sp³-hybridized carbons (Fsp3) is 0.450. The number of carbonyl (C=O) groups excluding carboxylic acids is 1. The number of rotatable bonds is 10. The quantitative estimate of drug-likeness (QED) is 0.597. The third-order valence-electron chi connectivity index (χ3n) is 4.71. The average Bonchev–Trinajstić information content (AvgIpc) is 3.18. The lowest BCUT2D eigenvalue weighted by Crippen LogP contribution is -2.35. The van der Waals surface area contributed by atoms with E-state index < -0.39 is 10.0 Å². The van der Waals surface area contributed by atoms with Crippen LogP contribution in [0.1, 0.15) is 30.2 Å². The maximum absolute atomic E-state index is 12.8. The van der Waals surface area contributed by atoms with Gasteiger partial charge in [-0.2, -0.15) is 0 Å². The lowest BCUT2D eigenvalue weighted by Gasteiger charge is -2.22. The Balaban J connectivity index is 1.65. The molecule has 0 atom stereocenters. The minimum absolute atomic E-state index is 0.113. The number of benzene rings is 1. The van der Waals surface area contributed by atoms with E-state index in [9.17, 15) is 13.2 Å². The number of carbonyl (C=O) groups is 1. The molecule has 0 unspecified atom stereocenters. The highest BCUT2D eigenvalue weighted by molar-refractivity contribution is 7.89. The second-order valence-corrected chi connectivity index (χ2v) is 9.83. The molecule has 1 aliphatic rings. The molecular weight excluding hydrogens is 410 g/mol. The zero-order valence-electron chi connectivity index (χ0n) is 16.7. The molecule has 2 aromatic rings. The fourth-order valence-corrected chi connectivity index (χ4v) is 5.20. The Morgan fingerprint density at radius 1 is 1.31 bits per heavy atom. The third kappa shape index (κ3) is 5.79. The van der Waals surface area contributed by atoms with Crippen LogP contribution in [-0.2, 0) is 21.4 Å². The van der Waals surface area contributed by atoms with E-state index in [1.165, 1.54) is 10.9 Å². The number of hydrogen-bond acceptors (Lipinski definition) is 6. The van der Waals surface area contributed by atoms with Gasteiger partial charge in [-0.1, -0.05) is 19.4 Å². The van der Waals surface area contributed by atoms with Gasteiger partial charge in [0, 0.05) is 30.6 Å². The molecule has 29 heavy (non-hydrogen) atoms. The van der Waals surface area contributed by atoms with Crippen molar-refractivity contribution < 1.29 is 17.9 Å². The molecule has 2 N–H and O–H groups in total. The van der Waals surface area contributed by atoms with Crippen molar-refractivity contribution in [1.29, 1.82) is 0 Å². The van der Waals surface area contributed by atoms with Crippen LogP contribution in [0.4, 0.5) is 5.69 Å². The van der Waals surface area contributed by atoms with E-state index >= 15 is 0 Å². The summed E-state index contributed by atoms with van der Waals surface area (Å²) >= 11 is 1.71. The van der Waals surface area contributed by atoms with Gasteiger partial charge in [0.15, 0.2) is 6.61 Å². The van der Waals surface area contributed by atoms with Gasteiger partial charge in [0.2, 0.25) is 10.0 Å². The van der Waals surface area contributed by atoms with Crippen molar-refractivity contribution in [2.45, 2.75) is 38.1 Å². The first kappa shape index (κ1) is 21.8. The van der Waals surface area contributed by atoms with Crippen LogP contribution in [0.15, 0.2) is 34.5 Å². The lowest BCUT2D eigenvalue weighted by molar-refractivity contribution is -0.118. The smallest absolute Gasteiger partial charge is 0.262 e. The van der Waals surface area contributed by atoms with Crippen LogP contribution >= 0.6 is 11.3 Å². The van der Waals surface area contributed by atoms with Crippen LogP contribution in [0.3, 0.4) is 0 Å². The number of anilines is 1. The number of fused-ring (bicyclic) bond motifs is 1. The second kappa shape index (κ2) is 9.71. The van der Waals surface area contributed by atoms with Gasteiger partial charge >= 0.3 is 0 Å². The predicted molar refractivity (Wildman–Crippen MR) is 115 cm³/mol. The first-order chi connectivity index (χ1) is 13.9. The molecule has 0 bridgehead atoms. The molecule has 2 heterocycles. The molecule has 0 aliphatic carbocycles. The first-order valence-corrected chi connectivity index (χ1v) is 12.1. The van der Waals surface area contributed by atoms with Gasteiger partial charge in [-0.15, -0.1) is 11.3 Å². The topological polar surface area (TPSA) is 87.7 Å². The molecule has 158 valence electrons. The summed E-state index contributed by atoms with van der Waals surface area (Å²) in [5, 5.41) is 4.75. The predicted octanol–water partition coefficient (Wildman–Crippen LogP) is 2.97. The summed E-state index contributed by atoms with van der Waals surface area (Å²) in [6.45, 7) is 6.46. The molecule has 1 aromatic heterocycles. The maximum Gasteiger partial charge on any atom is 0.262 e. The Morgan fingerprint density at radius 3 is 2.86 bits per heavy atom. The van der Waals surface area contributed by atoms with Crippen LogP contribution in [0.5, 0.6) is 5.75 Å². The summed E-state index contributed by atoms with van der Waals surface area (Å²) in [6, 6.07) is 7.24. The SMILES string of the molecule is CCCCN(CCNS(=O)(=O)c1cc2c(cc1C)NC(=O)CO2)Cc1cccs1. The fourth-order valence-electron chi connectivity index (χ4n) is 3.20. The molecule has 1 amide bonds. The van der Waals surface area contributed by atoms with E-state index in [4.69, 9.17) is 4.74 Å². The Labute approximate surface area is 176 Å². The van der Waals surface area contributed by atoms with Crippen molar-refractivity contribution in [1.82, 2.24) is 9.62 Å². The van der Waals surface area contributed by atoms with Crippen molar-refractivity contribution in [3.8, 4) is 5.75 Å². The Bertz CT molecular complexity index is 943. The van der Waals surface area contributed by atoms with E-state index in [2.05, 4.69) is 33.3 Å². The molecule has 3 rings (SSSR count). The van der Waals surface area contributed by atoms with E-state index in [0.29, 0.717) is 30.1 Å². The summed E-state index contributed by atoms with van der Waals surface area (Å²) in [4.78, 5) is 15.2. The maximum atomic E-state index is 12.8. The lowest BCUT2D eigenvalue weighted by atomic mass is 10.2. The van der Waals surface area contributed by atoms with E-state index in [0.717, 1.165) is 25.9 Å². The van der Waals surface area contributed by atoms with Gasteiger partial charge in [0.05, 0.1) is 10.6 Å². The Morgan fingerprint density at radius 2 is 2.14 bits per heavy atom. The zero-order chi connectivity index (χ0) is 20.9. The number of ether oxygens (including phenoxy) is 1. The van der Waals surface area contributed by atoms with E-state index in [-0.39, 0.29) is 17.4 Å². The molecule has 0 saturated heterocycles. The standard InChI is InChI=1S/C20H27N3O4S2/c1-3-4-8-23(13-16-6-5-10-28-16)9-7-21-29(25,26)19-12-18-17(11-15(19)2)22-20(24)14-27-18/h5-6,10-12,21H,3-4,7-9,13-14H2,1-2H3,(H,22,24). The highest BCUT2D eigenvalue weighted by Gasteiger charge is 2.23. The monoisotopic (exact) mass is 437 g/mol. The number of nitrogens with one attached hydrogen (secondary N) is 2. The molecular formula is C20H27N3O4S2. The summed E-state index contributed by atoms with van der Waals surface area (Å²) in [7, 11) is -3.68. The zero-order valence-corrected chi connectivity index (χ0v) is 18.4. The van der Waals surface area contributed by atoms with E-state index in [1.54, 1.807) is 24.3 Å². The minimum Gasteiger partial charge on any atom is -0.482 e. The number of thiophene rings is 1. The Hall–Kier alpha value is -1.94. The van der Waals surface area contributed by atoms with Crippen molar-refractivity contribution >= 4 is 33.0 Å². The van der Waals surface area contributed by atoms with Crippen molar-refractivity contribution in [3.63, 3.8) is 0 Å². The number of sulfonamides is 1. The normalized spacial score (nSPS) is 13.8. The van der Waals surface area contributed by atoms with Crippen LogP contribution < -0.4 is 14.8 Å². The van der Waals surface area contributed by atoms with Gasteiger partial charge < -0.3 is 10.1 Å². The molecule has 0 spiro atoms. The van der Waals surface area contributed by atoms with Gasteiger partial charge in [-0.3, -0.25) is 9.69 Å². The summed E-state index contributed by atoms with van der Waals surface area (Å²) < 4.78 is 33.8. The van der Waals surface area contributed by atoms with Crippen LogP contribution in [0, 0.1) is 6.92 Å². The second-order valence-electron chi connectivity index (χ2n) is 7.06. The molecule has 7 nitrogen and oxygen atoms in total. The van der Waals surface area contributed by atoms with Gasteiger partial charge in [-0.25, -0.2) is 13.1 Å². The molecule has 0 radical (unpaired) electrons. The average molecular weight is 438 g/mol. The number of amides is 1. The minimum atomic E-state index is -3.68. The van der Waals surface area contributed by atoms with Gasteiger partial charge in [0.1, 0.15) is 5.75 Å². The number of unbranched alkanes of at least 4 members (excludes halogenated alkanes) is 1. The van der Waals surface area contributed by atoms with Gasteiger partial charge in [0.25, 0.3) is 5.91 Å². The highest BCUT2D eigenvalue weighted by Crippen LogP contribution is 2.32. The van der Waals surface area contributed by atoms with Crippen molar-refractivity contribution in [2.75, 3.05) is 31.6 Å². The van der Waals surface area contributed by atoms with E-state index in [1.807, 2.05) is 6.07 Å². The molecule has 0 fully saturated rings. The molecule has 0 saturated carbocycles. The largest absolute Gasteiger partial charge is 0.482 e. The molecule has 1 aromatic carbocycles. The Kier molecular flexibility index (Phi) is 7.28. The van der Waals surface area contributed by atoms with Crippen LogP contribution in [0.2, 0.25) is 0 Å². The third-order valence-corrected chi connectivity index (χ3v) is 7.17. The van der Waals surface area contributed by atoms with Crippen LogP contribution in [0.25, 0.3) is 0 Å². The summed E-state index contributed by atoms with van der Waals surface area (Å²) in [6.07, 6.45) is 2.17. The number of hydrogen-bond donors (Lipinski definition) is 2. The first-order valence-electron chi connectivity index (χ1n) is 9.70. The molecule has 9 heteroatoms. The van der Waals surface area contributed by atoms with Crippen molar-refractivity contribution in [2.24, 2.45) is 0 Å². The van der Waals surface area contributed by atoms with Gasteiger partial charge in [-0.05, 0) is 43.0 Å². The summed E-state index contributed by atoms with van der Waals surface area (Å²) in [5.74, 6) is 0.126. The summed E-state index contributed by atoms with van der Waals surface area (Å²) in [5.41, 5.74) is 1.06.